The fourth-order valence-electron chi connectivity index (χ4n) is 1.80. The zero-order valence-corrected chi connectivity index (χ0v) is 14.6. The number of hydrogen-bond donors (Lipinski definition) is 1. The van der Waals surface area contributed by atoms with Crippen molar-refractivity contribution in [1.82, 2.24) is 0 Å². The average molecular weight is 415 g/mol. The summed E-state index contributed by atoms with van der Waals surface area (Å²) >= 11 is 6.73. The number of methoxy groups -OCH3 is 2. The third-order valence-electron chi connectivity index (χ3n) is 2.82. The van der Waals surface area contributed by atoms with E-state index in [4.69, 9.17) is 9.47 Å². The predicted octanol–water partition coefficient (Wildman–Crippen LogP) is 4.48. The van der Waals surface area contributed by atoms with Crippen molar-refractivity contribution >= 4 is 43.5 Å². The lowest BCUT2D eigenvalue weighted by atomic mass is 10.2. The van der Waals surface area contributed by atoms with Crippen LogP contribution in [0.25, 0.3) is 0 Å². The van der Waals surface area contributed by atoms with Crippen molar-refractivity contribution in [3.8, 4) is 11.5 Å². The van der Waals surface area contributed by atoms with E-state index in [9.17, 15) is 4.79 Å². The molecular weight excluding hydrogens is 402 g/mol. The standard InChI is InChI=1S/C15H13Br2NO3/c1-20-13-6-4-10(8-12(13)17)18-15(19)11-5-3-9(16)7-14(11)21-2/h3-8H,1-2H3,(H,18,19). The van der Waals surface area contributed by atoms with Crippen LogP contribution < -0.4 is 14.8 Å². The van der Waals surface area contributed by atoms with Gasteiger partial charge in [-0.05, 0) is 52.3 Å². The molecule has 2 aromatic carbocycles. The molecule has 4 nitrogen and oxygen atoms in total. The van der Waals surface area contributed by atoms with Gasteiger partial charge in [0.1, 0.15) is 11.5 Å². The molecule has 0 bridgehead atoms. The first-order valence-electron chi connectivity index (χ1n) is 6.03. The van der Waals surface area contributed by atoms with Crippen LogP contribution in [-0.4, -0.2) is 20.1 Å². The molecule has 0 fully saturated rings. The zero-order valence-electron chi connectivity index (χ0n) is 11.4. The van der Waals surface area contributed by atoms with Crippen LogP contribution in [0.15, 0.2) is 45.3 Å². The van der Waals surface area contributed by atoms with Crippen LogP contribution in [0.5, 0.6) is 11.5 Å². The van der Waals surface area contributed by atoms with E-state index in [2.05, 4.69) is 37.2 Å². The number of hydrogen-bond acceptors (Lipinski definition) is 3. The number of ether oxygens (including phenoxy) is 2. The van der Waals surface area contributed by atoms with Crippen molar-refractivity contribution in [2.24, 2.45) is 0 Å². The summed E-state index contributed by atoms with van der Waals surface area (Å²) in [6.07, 6.45) is 0. The number of anilines is 1. The van der Waals surface area contributed by atoms with Gasteiger partial charge in [-0.2, -0.15) is 0 Å². The Hall–Kier alpha value is -1.53. The van der Waals surface area contributed by atoms with Crippen molar-refractivity contribution in [1.29, 1.82) is 0 Å². The highest BCUT2D eigenvalue weighted by molar-refractivity contribution is 9.10. The monoisotopic (exact) mass is 413 g/mol. The predicted molar refractivity (Wildman–Crippen MR) is 89.3 cm³/mol. The number of benzene rings is 2. The first-order chi connectivity index (χ1) is 10.0. The number of amides is 1. The highest BCUT2D eigenvalue weighted by Crippen LogP contribution is 2.29. The lowest BCUT2D eigenvalue weighted by Crippen LogP contribution is -2.13. The Morgan fingerprint density at radius 3 is 2.33 bits per heavy atom. The van der Waals surface area contributed by atoms with E-state index in [0.29, 0.717) is 22.7 Å². The maximum absolute atomic E-state index is 12.3. The minimum absolute atomic E-state index is 0.239. The van der Waals surface area contributed by atoms with Gasteiger partial charge in [-0.25, -0.2) is 0 Å². The molecule has 2 rings (SSSR count). The Balaban J connectivity index is 2.24. The molecule has 0 aliphatic rings. The number of carbonyl (C=O) groups excluding carboxylic acids is 1. The van der Waals surface area contributed by atoms with E-state index in [-0.39, 0.29) is 5.91 Å². The summed E-state index contributed by atoms with van der Waals surface area (Å²) in [5.74, 6) is 0.972. The molecule has 0 atom stereocenters. The second-order valence-corrected chi connectivity index (χ2v) is 5.92. The topological polar surface area (TPSA) is 47.6 Å². The molecular formula is C15H13Br2NO3. The lowest BCUT2D eigenvalue weighted by molar-refractivity contribution is 0.102. The summed E-state index contributed by atoms with van der Waals surface area (Å²) in [6, 6.07) is 10.6. The highest BCUT2D eigenvalue weighted by atomic mass is 79.9. The molecule has 1 N–H and O–H groups in total. The van der Waals surface area contributed by atoms with Crippen LogP contribution in [0.1, 0.15) is 10.4 Å². The first kappa shape index (κ1) is 15.9. The molecule has 0 aromatic heterocycles. The Bertz CT molecular complexity index is 674. The SMILES string of the molecule is COc1ccc(NC(=O)c2ccc(Br)cc2OC)cc1Br. The Labute approximate surface area is 139 Å². The van der Waals surface area contributed by atoms with Gasteiger partial charge in [-0.1, -0.05) is 15.9 Å². The Morgan fingerprint density at radius 1 is 1.00 bits per heavy atom. The fraction of sp³-hybridized carbons (Fsp3) is 0.133. The maximum atomic E-state index is 12.3. The van der Waals surface area contributed by atoms with E-state index < -0.39 is 0 Å². The van der Waals surface area contributed by atoms with Crippen molar-refractivity contribution in [2.45, 2.75) is 0 Å². The molecule has 0 heterocycles. The van der Waals surface area contributed by atoms with Crippen molar-refractivity contribution in [2.75, 3.05) is 19.5 Å². The molecule has 1 amide bonds. The van der Waals surface area contributed by atoms with Gasteiger partial charge in [0.25, 0.3) is 5.91 Å². The zero-order chi connectivity index (χ0) is 15.4. The van der Waals surface area contributed by atoms with Crippen LogP contribution in [0.4, 0.5) is 5.69 Å². The van der Waals surface area contributed by atoms with Gasteiger partial charge in [-0.3, -0.25) is 4.79 Å². The summed E-state index contributed by atoms with van der Waals surface area (Å²) in [5.41, 5.74) is 1.13. The largest absolute Gasteiger partial charge is 0.496 e. The Morgan fingerprint density at radius 2 is 1.71 bits per heavy atom. The van der Waals surface area contributed by atoms with Crippen molar-refractivity contribution in [3.05, 3.63) is 50.9 Å². The number of rotatable bonds is 4. The molecule has 21 heavy (non-hydrogen) atoms. The second kappa shape index (κ2) is 6.95. The summed E-state index contributed by atoms with van der Waals surface area (Å²) in [7, 11) is 3.12. The Kier molecular flexibility index (Phi) is 5.25. The van der Waals surface area contributed by atoms with Gasteiger partial charge < -0.3 is 14.8 Å². The van der Waals surface area contributed by atoms with Crippen LogP contribution in [-0.2, 0) is 0 Å². The minimum Gasteiger partial charge on any atom is -0.496 e. The van der Waals surface area contributed by atoms with Gasteiger partial charge >= 0.3 is 0 Å². The van der Waals surface area contributed by atoms with E-state index in [1.807, 2.05) is 0 Å². The molecule has 0 spiro atoms. The van der Waals surface area contributed by atoms with Gasteiger partial charge in [0, 0.05) is 10.2 Å². The van der Waals surface area contributed by atoms with Crippen molar-refractivity contribution in [3.63, 3.8) is 0 Å². The smallest absolute Gasteiger partial charge is 0.259 e. The van der Waals surface area contributed by atoms with Crippen LogP contribution in [0.2, 0.25) is 0 Å². The van der Waals surface area contributed by atoms with E-state index >= 15 is 0 Å². The normalized spacial score (nSPS) is 10.1. The minimum atomic E-state index is -0.239. The molecule has 0 saturated heterocycles. The first-order valence-corrected chi connectivity index (χ1v) is 7.62. The molecule has 0 aliphatic carbocycles. The third-order valence-corrected chi connectivity index (χ3v) is 3.93. The van der Waals surface area contributed by atoms with E-state index in [0.717, 1.165) is 8.95 Å². The number of carbonyl (C=O) groups is 1. The van der Waals surface area contributed by atoms with E-state index in [1.165, 1.54) is 7.11 Å². The van der Waals surface area contributed by atoms with Gasteiger partial charge in [0.15, 0.2) is 0 Å². The highest BCUT2D eigenvalue weighted by Gasteiger charge is 2.13. The van der Waals surface area contributed by atoms with Gasteiger partial charge in [-0.15, -0.1) is 0 Å². The molecule has 0 unspecified atom stereocenters. The molecule has 2 aromatic rings. The van der Waals surface area contributed by atoms with Gasteiger partial charge in [0.05, 0.1) is 24.3 Å². The molecule has 0 radical (unpaired) electrons. The lowest BCUT2D eigenvalue weighted by Gasteiger charge is -2.11. The summed E-state index contributed by atoms with van der Waals surface area (Å²) in [5, 5.41) is 2.82. The molecule has 110 valence electrons. The van der Waals surface area contributed by atoms with Crippen LogP contribution in [0, 0.1) is 0 Å². The summed E-state index contributed by atoms with van der Waals surface area (Å²) in [6.45, 7) is 0. The maximum Gasteiger partial charge on any atom is 0.259 e. The van der Waals surface area contributed by atoms with Crippen molar-refractivity contribution < 1.29 is 14.3 Å². The molecule has 6 heteroatoms. The molecule has 0 aliphatic heterocycles. The third kappa shape index (κ3) is 3.77. The quantitative estimate of drug-likeness (QED) is 0.802. The number of halogens is 2. The molecule has 0 saturated carbocycles. The summed E-state index contributed by atoms with van der Waals surface area (Å²) in [4.78, 5) is 12.3. The average Bonchev–Trinajstić information content (AvgIpc) is 2.47. The van der Waals surface area contributed by atoms with E-state index in [1.54, 1.807) is 43.5 Å². The summed E-state index contributed by atoms with van der Waals surface area (Å²) < 4.78 is 12.0. The second-order valence-electron chi connectivity index (χ2n) is 4.15. The number of nitrogens with one attached hydrogen (secondary N) is 1. The van der Waals surface area contributed by atoms with Crippen LogP contribution >= 0.6 is 31.9 Å². The van der Waals surface area contributed by atoms with Crippen LogP contribution in [0.3, 0.4) is 0 Å². The fourth-order valence-corrected chi connectivity index (χ4v) is 2.68. The van der Waals surface area contributed by atoms with Gasteiger partial charge in [0.2, 0.25) is 0 Å².